The quantitative estimate of drug-likeness (QED) is 0.415. The normalized spacial score (nSPS) is 17.9. The van der Waals surface area contributed by atoms with Crippen molar-refractivity contribution in [3.05, 3.63) is 71.3 Å². The largest absolute Gasteiger partial charge is 0.481 e. The van der Waals surface area contributed by atoms with Gasteiger partial charge in [0.25, 0.3) is 0 Å². The first-order chi connectivity index (χ1) is 14.0. The van der Waals surface area contributed by atoms with Crippen LogP contribution in [0.2, 0.25) is 0 Å². The Morgan fingerprint density at radius 3 is 2.59 bits per heavy atom. The molecule has 1 aliphatic heterocycles. The molecule has 0 amide bonds. The summed E-state index contributed by atoms with van der Waals surface area (Å²) < 4.78 is 28.3. The maximum atomic E-state index is 14.3. The predicted octanol–water partition coefficient (Wildman–Crippen LogP) is 3.72. The predicted molar refractivity (Wildman–Crippen MR) is 106 cm³/mol. The molecule has 0 radical (unpaired) electrons. The molecule has 3 rings (SSSR count). The van der Waals surface area contributed by atoms with E-state index in [0.717, 1.165) is 13.0 Å². The number of hydrogen-bond acceptors (Lipinski definition) is 4. The summed E-state index contributed by atoms with van der Waals surface area (Å²) >= 11 is 0. The molecule has 0 aliphatic carbocycles. The lowest BCUT2D eigenvalue weighted by atomic mass is 9.98. The zero-order valence-electron chi connectivity index (χ0n) is 16.1. The van der Waals surface area contributed by atoms with Gasteiger partial charge in [0, 0.05) is 25.1 Å². The molecular formula is C22H24F2N2O3. The van der Waals surface area contributed by atoms with Gasteiger partial charge in [-0.05, 0) is 37.1 Å². The number of benzene rings is 2. The summed E-state index contributed by atoms with van der Waals surface area (Å²) in [7, 11) is 0. The molecule has 0 aromatic heterocycles. The van der Waals surface area contributed by atoms with E-state index in [2.05, 4.69) is 5.16 Å². The topological polar surface area (TPSA) is 62.1 Å². The van der Waals surface area contributed by atoms with Crippen molar-refractivity contribution in [3.63, 3.8) is 0 Å². The molecule has 1 heterocycles. The molecule has 1 unspecified atom stereocenters. The third-order valence-electron chi connectivity index (χ3n) is 5.03. The number of carboxylic acids is 1. The van der Waals surface area contributed by atoms with Crippen molar-refractivity contribution in [2.24, 2.45) is 11.1 Å². The van der Waals surface area contributed by atoms with Crippen LogP contribution >= 0.6 is 0 Å². The highest BCUT2D eigenvalue weighted by molar-refractivity contribution is 6.01. The Hall–Kier alpha value is -2.80. The van der Waals surface area contributed by atoms with E-state index < -0.39 is 11.8 Å². The number of oxime groups is 1. The summed E-state index contributed by atoms with van der Waals surface area (Å²) in [6.45, 7) is 2.06. The van der Waals surface area contributed by atoms with Crippen molar-refractivity contribution in [3.8, 4) is 0 Å². The Morgan fingerprint density at radius 2 is 1.86 bits per heavy atom. The molecule has 5 nitrogen and oxygen atoms in total. The first-order valence-corrected chi connectivity index (χ1v) is 9.67. The second-order valence-electron chi connectivity index (χ2n) is 7.10. The maximum absolute atomic E-state index is 14.3. The summed E-state index contributed by atoms with van der Waals surface area (Å²) in [5.74, 6) is -1.97. The first kappa shape index (κ1) is 20.9. The number of likely N-dealkylation sites (tertiary alicyclic amines) is 1. The molecule has 1 atom stereocenters. The zero-order chi connectivity index (χ0) is 20.6. The van der Waals surface area contributed by atoms with Crippen molar-refractivity contribution in [2.75, 3.05) is 26.2 Å². The summed E-state index contributed by atoms with van der Waals surface area (Å²) in [6, 6.07) is 12.5. The van der Waals surface area contributed by atoms with Gasteiger partial charge in [-0.25, -0.2) is 8.78 Å². The van der Waals surface area contributed by atoms with Gasteiger partial charge in [-0.1, -0.05) is 41.6 Å². The van der Waals surface area contributed by atoms with Crippen molar-refractivity contribution in [2.45, 2.75) is 19.3 Å². The van der Waals surface area contributed by atoms with Crippen LogP contribution in [0.3, 0.4) is 0 Å². The number of halogens is 2. The minimum absolute atomic E-state index is 0.0956. The van der Waals surface area contributed by atoms with Gasteiger partial charge in [0.2, 0.25) is 0 Å². The SMILES string of the molecule is O=C(O)C1CCCN(CCO/N=C(\Cc2ccccc2F)c2ccccc2F)C1. The average Bonchev–Trinajstić information content (AvgIpc) is 2.72. The van der Waals surface area contributed by atoms with Crippen molar-refractivity contribution in [1.82, 2.24) is 4.90 Å². The fourth-order valence-corrected chi connectivity index (χ4v) is 3.45. The number of rotatable bonds is 8. The number of piperidine rings is 1. The van der Waals surface area contributed by atoms with Crippen LogP contribution in [-0.4, -0.2) is 47.9 Å². The Balaban J connectivity index is 1.66. The van der Waals surface area contributed by atoms with Crippen LogP contribution in [0.5, 0.6) is 0 Å². The molecule has 1 aliphatic rings. The van der Waals surface area contributed by atoms with Gasteiger partial charge >= 0.3 is 5.97 Å². The summed E-state index contributed by atoms with van der Waals surface area (Å²) in [4.78, 5) is 18.6. The molecular weight excluding hydrogens is 378 g/mol. The van der Waals surface area contributed by atoms with Gasteiger partial charge in [0.05, 0.1) is 11.6 Å². The maximum Gasteiger partial charge on any atom is 0.307 e. The molecule has 154 valence electrons. The molecule has 1 N–H and O–H groups in total. The molecule has 0 saturated carbocycles. The summed E-state index contributed by atoms with van der Waals surface area (Å²) in [5.41, 5.74) is 0.966. The van der Waals surface area contributed by atoms with Gasteiger partial charge in [0.15, 0.2) is 0 Å². The van der Waals surface area contributed by atoms with E-state index in [1.165, 1.54) is 12.1 Å². The van der Waals surface area contributed by atoms with Crippen LogP contribution in [-0.2, 0) is 16.1 Å². The Kier molecular flexibility index (Phi) is 7.30. The van der Waals surface area contributed by atoms with E-state index in [4.69, 9.17) is 9.94 Å². The minimum Gasteiger partial charge on any atom is -0.481 e. The molecule has 7 heteroatoms. The van der Waals surface area contributed by atoms with E-state index in [1.54, 1.807) is 36.4 Å². The van der Waals surface area contributed by atoms with E-state index in [1.807, 2.05) is 4.90 Å². The molecule has 1 saturated heterocycles. The molecule has 2 aromatic rings. The number of aliphatic carboxylic acids is 1. The van der Waals surface area contributed by atoms with Crippen molar-refractivity contribution < 1.29 is 23.5 Å². The van der Waals surface area contributed by atoms with Gasteiger partial charge in [-0.3, -0.25) is 9.69 Å². The van der Waals surface area contributed by atoms with Gasteiger partial charge in [0.1, 0.15) is 18.2 Å². The number of hydrogen-bond donors (Lipinski definition) is 1. The van der Waals surface area contributed by atoms with Crippen molar-refractivity contribution in [1.29, 1.82) is 0 Å². The first-order valence-electron chi connectivity index (χ1n) is 9.67. The van der Waals surface area contributed by atoms with Gasteiger partial charge in [-0.2, -0.15) is 0 Å². The Morgan fingerprint density at radius 1 is 1.14 bits per heavy atom. The van der Waals surface area contributed by atoms with Crippen LogP contribution in [0.1, 0.15) is 24.0 Å². The molecule has 1 fully saturated rings. The van der Waals surface area contributed by atoms with Crippen LogP contribution in [0.15, 0.2) is 53.7 Å². The molecule has 0 bridgehead atoms. The number of carbonyl (C=O) groups is 1. The van der Waals surface area contributed by atoms with Crippen LogP contribution in [0, 0.1) is 17.6 Å². The fourth-order valence-electron chi connectivity index (χ4n) is 3.45. The van der Waals surface area contributed by atoms with Crippen LogP contribution in [0.4, 0.5) is 8.78 Å². The van der Waals surface area contributed by atoms with E-state index in [9.17, 15) is 13.6 Å². The highest BCUT2D eigenvalue weighted by Crippen LogP contribution is 2.17. The third-order valence-corrected chi connectivity index (χ3v) is 5.03. The summed E-state index contributed by atoms with van der Waals surface area (Å²) in [6.07, 6.45) is 1.61. The molecule has 29 heavy (non-hydrogen) atoms. The molecule has 0 spiro atoms. The smallest absolute Gasteiger partial charge is 0.307 e. The Bertz CT molecular complexity index is 873. The lowest BCUT2D eigenvalue weighted by Crippen LogP contribution is -2.40. The highest BCUT2D eigenvalue weighted by Gasteiger charge is 2.25. The van der Waals surface area contributed by atoms with E-state index in [-0.39, 0.29) is 30.3 Å². The average molecular weight is 402 g/mol. The summed E-state index contributed by atoms with van der Waals surface area (Å²) in [5, 5.41) is 13.3. The van der Waals surface area contributed by atoms with Crippen LogP contribution in [0.25, 0.3) is 0 Å². The van der Waals surface area contributed by atoms with E-state index in [0.29, 0.717) is 30.8 Å². The lowest BCUT2D eigenvalue weighted by molar-refractivity contribution is -0.143. The lowest BCUT2D eigenvalue weighted by Gasteiger charge is -2.29. The highest BCUT2D eigenvalue weighted by atomic mass is 19.1. The standard InChI is InChI=1S/C22H24F2N2O3/c23-19-9-3-1-6-16(19)14-21(18-8-2-4-10-20(18)24)25-29-13-12-26-11-5-7-17(15-26)22(27)28/h1-4,6,8-10,17H,5,7,11-15H2,(H,27,28)/b25-21+. The second kappa shape index (κ2) is 10.1. The number of nitrogens with zero attached hydrogens (tertiary/aromatic N) is 2. The van der Waals surface area contributed by atoms with Gasteiger partial charge < -0.3 is 9.94 Å². The van der Waals surface area contributed by atoms with Crippen molar-refractivity contribution >= 4 is 11.7 Å². The zero-order valence-corrected chi connectivity index (χ0v) is 16.1. The Labute approximate surface area is 168 Å². The third kappa shape index (κ3) is 5.84. The van der Waals surface area contributed by atoms with Crippen LogP contribution < -0.4 is 0 Å². The minimum atomic E-state index is -0.777. The second-order valence-corrected chi connectivity index (χ2v) is 7.10. The molecule has 2 aromatic carbocycles. The van der Waals surface area contributed by atoms with E-state index >= 15 is 0 Å². The monoisotopic (exact) mass is 402 g/mol. The van der Waals surface area contributed by atoms with Gasteiger partial charge in [-0.15, -0.1) is 0 Å². The fraction of sp³-hybridized carbons (Fsp3) is 0.364. The number of carboxylic acid groups (broad SMARTS) is 1.